The van der Waals surface area contributed by atoms with E-state index in [1.165, 1.54) is 12.8 Å². The molecule has 0 saturated heterocycles. The van der Waals surface area contributed by atoms with Crippen molar-refractivity contribution >= 4 is 11.8 Å². The van der Waals surface area contributed by atoms with Crippen LogP contribution in [0.25, 0.3) is 0 Å². The SMILES string of the molecule is CCC(CC)NCC(C)Sc1nccn1C. The number of rotatable bonds is 7. The van der Waals surface area contributed by atoms with Crippen LogP contribution in [0.4, 0.5) is 0 Å². The first-order valence-electron chi connectivity index (χ1n) is 6.04. The Morgan fingerprint density at radius 2 is 2.12 bits per heavy atom. The molecule has 0 amide bonds. The van der Waals surface area contributed by atoms with Gasteiger partial charge in [-0.1, -0.05) is 32.5 Å². The van der Waals surface area contributed by atoms with Crippen molar-refractivity contribution in [2.75, 3.05) is 6.54 Å². The summed E-state index contributed by atoms with van der Waals surface area (Å²) >= 11 is 1.83. The second kappa shape index (κ2) is 6.97. The molecule has 0 aliphatic rings. The molecule has 1 rings (SSSR count). The second-order valence-corrected chi connectivity index (χ2v) is 5.58. The number of thioether (sulfide) groups is 1. The highest BCUT2D eigenvalue weighted by atomic mass is 32.2. The Morgan fingerprint density at radius 3 is 2.62 bits per heavy atom. The molecule has 0 spiro atoms. The fourth-order valence-electron chi connectivity index (χ4n) is 1.60. The molecule has 4 heteroatoms. The van der Waals surface area contributed by atoms with Crippen molar-refractivity contribution < 1.29 is 0 Å². The number of nitrogens with one attached hydrogen (secondary N) is 1. The van der Waals surface area contributed by atoms with Crippen LogP contribution in [0, 0.1) is 0 Å². The van der Waals surface area contributed by atoms with E-state index in [2.05, 4.69) is 35.6 Å². The van der Waals surface area contributed by atoms with E-state index in [9.17, 15) is 0 Å². The number of hydrogen-bond acceptors (Lipinski definition) is 3. The molecule has 0 radical (unpaired) electrons. The van der Waals surface area contributed by atoms with Crippen LogP contribution in [0.5, 0.6) is 0 Å². The minimum absolute atomic E-state index is 0.557. The maximum Gasteiger partial charge on any atom is 0.167 e. The lowest BCUT2D eigenvalue weighted by Crippen LogP contribution is -2.32. The Bertz CT molecular complexity index is 294. The van der Waals surface area contributed by atoms with E-state index < -0.39 is 0 Å². The number of aromatic nitrogens is 2. The summed E-state index contributed by atoms with van der Waals surface area (Å²) in [5, 5.41) is 5.25. The average Bonchev–Trinajstić information content (AvgIpc) is 2.66. The van der Waals surface area contributed by atoms with E-state index in [0.717, 1.165) is 11.7 Å². The van der Waals surface area contributed by atoms with Crippen molar-refractivity contribution in [3.8, 4) is 0 Å². The lowest BCUT2D eigenvalue weighted by molar-refractivity contribution is 0.487. The van der Waals surface area contributed by atoms with Crippen LogP contribution in [0.3, 0.4) is 0 Å². The van der Waals surface area contributed by atoms with Crippen molar-refractivity contribution in [2.24, 2.45) is 7.05 Å². The number of aryl methyl sites for hydroxylation is 1. The van der Waals surface area contributed by atoms with Gasteiger partial charge < -0.3 is 9.88 Å². The molecule has 0 fully saturated rings. The molecular weight excluding hydrogens is 218 g/mol. The van der Waals surface area contributed by atoms with Crippen molar-refractivity contribution in [2.45, 2.75) is 50.1 Å². The lowest BCUT2D eigenvalue weighted by Gasteiger charge is -2.18. The molecule has 1 N–H and O–H groups in total. The van der Waals surface area contributed by atoms with Gasteiger partial charge in [-0.3, -0.25) is 0 Å². The monoisotopic (exact) mass is 241 g/mol. The summed E-state index contributed by atoms with van der Waals surface area (Å²) in [4.78, 5) is 4.32. The number of hydrogen-bond donors (Lipinski definition) is 1. The number of nitrogens with zero attached hydrogens (tertiary/aromatic N) is 2. The molecule has 1 aromatic heterocycles. The zero-order chi connectivity index (χ0) is 12.0. The van der Waals surface area contributed by atoms with Crippen LogP contribution in [0.2, 0.25) is 0 Å². The molecule has 0 aliphatic carbocycles. The van der Waals surface area contributed by atoms with Gasteiger partial charge in [-0.2, -0.15) is 0 Å². The van der Waals surface area contributed by atoms with E-state index in [1.807, 2.05) is 31.2 Å². The summed E-state index contributed by atoms with van der Waals surface area (Å²) in [5.41, 5.74) is 0. The van der Waals surface area contributed by atoms with Gasteiger partial charge in [-0.15, -0.1) is 0 Å². The van der Waals surface area contributed by atoms with Crippen LogP contribution >= 0.6 is 11.8 Å². The fraction of sp³-hybridized carbons (Fsp3) is 0.750. The quantitative estimate of drug-likeness (QED) is 0.744. The first kappa shape index (κ1) is 13.6. The standard InChI is InChI=1S/C12H23N3S/c1-5-11(6-2)14-9-10(3)16-12-13-7-8-15(12)4/h7-8,10-11,14H,5-6,9H2,1-4H3. The fourth-order valence-corrected chi connectivity index (χ4v) is 2.49. The molecular formula is C12H23N3S. The molecule has 1 atom stereocenters. The lowest BCUT2D eigenvalue weighted by atomic mass is 10.2. The maximum atomic E-state index is 4.32. The first-order chi connectivity index (χ1) is 7.67. The van der Waals surface area contributed by atoms with Crippen molar-refractivity contribution in [1.82, 2.24) is 14.9 Å². The van der Waals surface area contributed by atoms with E-state index >= 15 is 0 Å². The maximum absolute atomic E-state index is 4.32. The predicted molar refractivity (Wildman–Crippen MR) is 70.9 cm³/mol. The van der Waals surface area contributed by atoms with Gasteiger partial charge >= 0.3 is 0 Å². The first-order valence-corrected chi connectivity index (χ1v) is 6.92. The summed E-state index contributed by atoms with van der Waals surface area (Å²) in [6.45, 7) is 7.76. The molecule has 16 heavy (non-hydrogen) atoms. The molecule has 0 bridgehead atoms. The number of imidazole rings is 1. The second-order valence-electron chi connectivity index (χ2n) is 4.17. The Labute approximate surface area is 103 Å². The largest absolute Gasteiger partial charge is 0.329 e. The third-order valence-corrected chi connectivity index (χ3v) is 3.94. The molecule has 3 nitrogen and oxygen atoms in total. The highest BCUT2D eigenvalue weighted by Gasteiger charge is 2.09. The molecule has 0 saturated carbocycles. The Balaban J connectivity index is 2.31. The van der Waals surface area contributed by atoms with Crippen LogP contribution in [0.1, 0.15) is 33.6 Å². The van der Waals surface area contributed by atoms with Gasteiger partial charge in [0.2, 0.25) is 0 Å². The average molecular weight is 241 g/mol. The van der Waals surface area contributed by atoms with Gasteiger partial charge in [0.15, 0.2) is 5.16 Å². The van der Waals surface area contributed by atoms with Crippen LogP contribution < -0.4 is 5.32 Å². The van der Waals surface area contributed by atoms with Gasteiger partial charge in [-0.05, 0) is 12.8 Å². The smallest absolute Gasteiger partial charge is 0.167 e. The van der Waals surface area contributed by atoms with E-state index in [-0.39, 0.29) is 0 Å². The van der Waals surface area contributed by atoms with Crippen LogP contribution in [0.15, 0.2) is 17.6 Å². The van der Waals surface area contributed by atoms with Gasteiger partial charge in [0.05, 0.1) is 0 Å². The minimum Gasteiger partial charge on any atom is -0.329 e. The van der Waals surface area contributed by atoms with Gasteiger partial charge in [-0.25, -0.2) is 4.98 Å². The van der Waals surface area contributed by atoms with Crippen molar-refractivity contribution in [3.05, 3.63) is 12.4 Å². The zero-order valence-electron chi connectivity index (χ0n) is 10.7. The Hall–Kier alpha value is -0.480. The van der Waals surface area contributed by atoms with Crippen LogP contribution in [-0.4, -0.2) is 27.4 Å². The summed E-state index contributed by atoms with van der Waals surface area (Å²) in [6.07, 6.45) is 6.25. The minimum atomic E-state index is 0.557. The van der Waals surface area contributed by atoms with Crippen molar-refractivity contribution in [3.63, 3.8) is 0 Å². The topological polar surface area (TPSA) is 29.9 Å². The van der Waals surface area contributed by atoms with Gasteiger partial charge in [0.25, 0.3) is 0 Å². The third-order valence-electron chi connectivity index (χ3n) is 2.76. The van der Waals surface area contributed by atoms with E-state index in [0.29, 0.717) is 11.3 Å². The van der Waals surface area contributed by atoms with Crippen molar-refractivity contribution in [1.29, 1.82) is 0 Å². The zero-order valence-corrected chi connectivity index (χ0v) is 11.5. The molecule has 0 aromatic carbocycles. The Kier molecular flexibility index (Phi) is 5.91. The van der Waals surface area contributed by atoms with E-state index in [4.69, 9.17) is 0 Å². The summed E-state index contributed by atoms with van der Waals surface area (Å²) in [7, 11) is 2.04. The molecule has 1 unspecified atom stereocenters. The third kappa shape index (κ3) is 4.18. The normalized spacial score (nSPS) is 13.3. The Morgan fingerprint density at radius 1 is 1.44 bits per heavy atom. The van der Waals surface area contributed by atoms with Gasteiger partial charge in [0.1, 0.15) is 0 Å². The van der Waals surface area contributed by atoms with Gasteiger partial charge in [0, 0.05) is 37.3 Å². The highest BCUT2D eigenvalue weighted by molar-refractivity contribution is 7.99. The summed E-state index contributed by atoms with van der Waals surface area (Å²) < 4.78 is 2.07. The molecule has 0 aliphatic heterocycles. The molecule has 1 heterocycles. The predicted octanol–water partition coefficient (Wildman–Crippen LogP) is 2.68. The summed E-state index contributed by atoms with van der Waals surface area (Å²) in [5.74, 6) is 0. The molecule has 92 valence electrons. The van der Waals surface area contributed by atoms with Crippen LogP contribution in [-0.2, 0) is 7.05 Å². The highest BCUT2D eigenvalue weighted by Crippen LogP contribution is 2.20. The summed E-state index contributed by atoms with van der Waals surface area (Å²) in [6, 6.07) is 0.657. The molecule has 1 aromatic rings. The van der Waals surface area contributed by atoms with E-state index in [1.54, 1.807) is 0 Å².